The summed E-state index contributed by atoms with van der Waals surface area (Å²) >= 11 is 0. The molecule has 1 amide bonds. The number of rotatable bonds is 6. The van der Waals surface area contributed by atoms with Gasteiger partial charge in [-0.05, 0) is 55.9 Å². The predicted octanol–water partition coefficient (Wildman–Crippen LogP) is 3.87. The molecule has 5 rings (SSSR count). The molecule has 2 aliphatic heterocycles. The van der Waals surface area contributed by atoms with Crippen LogP contribution in [0.5, 0.6) is 0 Å². The third-order valence-corrected chi connectivity index (χ3v) is 6.96. The fourth-order valence-electron chi connectivity index (χ4n) is 5.11. The summed E-state index contributed by atoms with van der Waals surface area (Å²) in [6, 6.07) is 11.9. The number of amides is 1. The number of aromatic amines is 1. The summed E-state index contributed by atoms with van der Waals surface area (Å²) in [7, 11) is 0. The number of nitrogens with zero attached hydrogens (tertiary/aromatic N) is 4. The Kier molecular flexibility index (Phi) is 6.30. The number of H-pyrrole nitrogens is 1. The minimum absolute atomic E-state index is 0.0391. The molecule has 0 spiro atoms. The van der Waals surface area contributed by atoms with E-state index in [4.69, 9.17) is 4.98 Å². The van der Waals surface area contributed by atoms with Crippen molar-refractivity contribution in [2.45, 2.75) is 45.6 Å². The number of hydrogen-bond acceptors (Lipinski definition) is 5. The van der Waals surface area contributed by atoms with E-state index in [0.29, 0.717) is 17.3 Å². The lowest BCUT2D eigenvalue weighted by molar-refractivity contribution is 0.0793. The molecule has 8 heteroatoms. The molecule has 2 N–H and O–H groups in total. The first-order chi connectivity index (χ1) is 16.5. The minimum Gasteiger partial charge on any atom is -0.369 e. The van der Waals surface area contributed by atoms with Gasteiger partial charge in [-0.1, -0.05) is 26.0 Å². The molecule has 0 bridgehead atoms. The quantitative estimate of drug-likeness (QED) is 0.581. The number of carbonyl (C=O) groups is 1. The molecule has 34 heavy (non-hydrogen) atoms. The maximum absolute atomic E-state index is 13.1. The van der Waals surface area contributed by atoms with Crippen LogP contribution in [-0.4, -0.2) is 58.1 Å². The van der Waals surface area contributed by atoms with Gasteiger partial charge in [0.05, 0.1) is 16.6 Å². The smallest absolute Gasteiger partial charge is 0.326 e. The highest BCUT2D eigenvalue weighted by Crippen LogP contribution is 2.29. The molecule has 180 valence electrons. The maximum atomic E-state index is 13.1. The number of piperidine rings is 1. The number of fused-ring (bicyclic) bond motifs is 1. The second-order valence-corrected chi connectivity index (χ2v) is 9.88. The van der Waals surface area contributed by atoms with Crippen LogP contribution in [-0.2, 0) is 0 Å². The lowest BCUT2D eigenvalue weighted by Gasteiger charge is -2.33. The predicted molar refractivity (Wildman–Crippen MR) is 136 cm³/mol. The number of imidazole rings is 1. The van der Waals surface area contributed by atoms with Gasteiger partial charge in [-0.3, -0.25) is 9.36 Å². The molecule has 1 aromatic carbocycles. The highest BCUT2D eigenvalue weighted by molar-refractivity contribution is 5.99. The van der Waals surface area contributed by atoms with Crippen molar-refractivity contribution >= 4 is 28.6 Å². The normalized spacial score (nSPS) is 17.1. The molecule has 2 aromatic heterocycles. The third-order valence-electron chi connectivity index (χ3n) is 6.96. The lowest BCUT2D eigenvalue weighted by Crippen LogP contribution is -2.37. The van der Waals surface area contributed by atoms with Gasteiger partial charge in [0, 0.05) is 38.8 Å². The molecule has 0 saturated carbocycles. The molecular weight excluding hydrogens is 428 g/mol. The first-order valence-corrected chi connectivity index (χ1v) is 12.5. The molecule has 3 aromatic rings. The van der Waals surface area contributed by atoms with E-state index in [9.17, 15) is 9.59 Å². The molecule has 0 atom stereocenters. The number of para-hydroxylation sites is 2. The van der Waals surface area contributed by atoms with Crippen LogP contribution in [0.2, 0.25) is 0 Å². The Morgan fingerprint density at radius 1 is 1.09 bits per heavy atom. The van der Waals surface area contributed by atoms with Crippen molar-refractivity contribution in [2.75, 3.05) is 42.9 Å². The number of pyridine rings is 1. The van der Waals surface area contributed by atoms with Gasteiger partial charge in [0.15, 0.2) is 0 Å². The summed E-state index contributed by atoms with van der Waals surface area (Å²) in [5.41, 5.74) is 2.47. The van der Waals surface area contributed by atoms with Gasteiger partial charge >= 0.3 is 5.69 Å². The largest absolute Gasteiger partial charge is 0.369 e. The molecule has 8 nitrogen and oxygen atoms in total. The van der Waals surface area contributed by atoms with Crippen molar-refractivity contribution in [1.82, 2.24) is 19.4 Å². The van der Waals surface area contributed by atoms with E-state index in [1.165, 1.54) is 0 Å². The van der Waals surface area contributed by atoms with Crippen LogP contribution >= 0.6 is 0 Å². The summed E-state index contributed by atoms with van der Waals surface area (Å²) in [5, 5.41) is 3.42. The number of hydrogen-bond donors (Lipinski definition) is 2. The van der Waals surface area contributed by atoms with Gasteiger partial charge in [0.1, 0.15) is 11.6 Å². The van der Waals surface area contributed by atoms with Crippen LogP contribution in [0.4, 0.5) is 11.6 Å². The summed E-state index contributed by atoms with van der Waals surface area (Å²) in [5.74, 6) is 2.08. The Bertz CT molecular complexity index is 1220. The summed E-state index contributed by atoms with van der Waals surface area (Å²) in [4.78, 5) is 37.8. The molecule has 2 aliphatic rings. The van der Waals surface area contributed by atoms with E-state index in [1.807, 2.05) is 45.9 Å². The van der Waals surface area contributed by atoms with Crippen LogP contribution in [0, 0.1) is 5.92 Å². The minimum atomic E-state index is -0.0391. The number of likely N-dealkylation sites (tertiary alicyclic amines) is 1. The molecule has 4 heterocycles. The van der Waals surface area contributed by atoms with Crippen molar-refractivity contribution in [3.05, 3.63) is 52.4 Å². The highest BCUT2D eigenvalue weighted by atomic mass is 16.2. The van der Waals surface area contributed by atoms with E-state index in [1.54, 1.807) is 0 Å². The zero-order valence-corrected chi connectivity index (χ0v) is 20.1. The SMILES string of the molecule is CC(C)CNc1nc(N2CCC(n3c(=O)[nH]c4ccccc43)CC2)ccc1C(=O)N1CCCC1. The Morgan fingerprint density at radius 3 is 2.56 bits per heavy atom. The molecule has 2 fully saturated rings. The number of aromatic nitrogens is 3. The van der Waals surface area contributed by atoms with E-state index in [2.05, 4.69) is 29.0 Å². The standard InChI is InChI=1S/C26H34N6O2/c1-18(2)17-27-24-20(25(33)31-13-5-6-14-31)9-10-23(29-24)30-15-11-19(12-16-30)32-22-8-4-3-7-21(22)28-26(32)34/h3-4,7-10,18-19H,5-6,11-17H2,1-2H3,(H,27,29)(H,28,34). The average Bonchev–Trinajstić information content (AvgIpc) is 3.50. The number of benzene rings is 1. The van der Waals surface area contributed by atoms with E-state index in [0.717, 1.165) is 75.3 Å². The second-order valence-electron chi connectivity index (χ2n) is 9.88. The van der Waals surface area contributed by atoms with Crippen LogP contribution in [0.1, 0.15) is 55.9 Å². The van der Waals surface area contributed by atoms with E-state index >= 15 is 0 Å². The van der Waals surface area contributed by atoms with Crippen molar-refractivity contribution in [1.29, 1.82) is 0 Å². The fourth-order valence-corrected chi connectivity index (χ4v) is 5.11. The van der Waals surface area contributed by atoms with Crippen LogP contribution in [0.15, 0.2) is 41.2 Å². The van der Waals surface area contributed by atoms with Crippen molar-refractivity contribution < 1.29 is 4.79 Å². The Labute approximate surface area is 200 Å². The molecule has 0 radical (unpaired) electrons. The summed E-state index contributed by atoms with van der Waals surface area (Å²) in [6.07, 6.45) is 3.88. The van der Waals surface area contributed by atoms with Crippen molar-refractivity contribution in [3.8, 4) is 0 Å². The van der Waals surface area contributed by atoms with E-state index in [-0.39, 0.29) is 17.6 Å². The molecule has 0 aliphatic carbocycles. The van der Waals surface area contributed by atoms with Gasteiger partial charge in [-0.15, -0.1) is 0 Å². The number of carbonyl (C=O) groups excluding carboxylic acids is 1. The van der Waals surface area contributed by atoms with Crippen molar-refractivity contribution in [2.24, 2.45) is 5.92 Å². The molecular formula is C26H34N6O2. The summed E-state index contributed by atoms with van der Waals surface area (Å²) < 4.78 is 1.91. The van der Waals surface area contributed by atoms with Crippen LogP contribution < -0.4 is 15.9 Å². The monoisotopic (exact) mass is 462 g/mol. The topological polar surface area (TPSA) is 86.3 Å². The zero-order chi connectivity index (χ0) is 23.7. The number of nitrogens with one attached hydrogen (secondary N) is 2. The summed E-state index contributed by atoms with van der Waals surface area (Å²) in [6.45, 7) is 8.34. The van der Waals surface area contributed by atoms with Gasteiger partial charge < -0.3 is 20.1 Å². The van der Waals surface area contributed by atoms with Gasteiger partial charge in [-0.25, -0.2) is 9.78 Å². The van der Waals surface area contributed by atoms with Crippen LogP contribution in [0.3, 0.4) is 0 Å². The molecule has 0 unspecified atom stereocenters. The Hall–Kier alpha value is -3.29. The maximum Gasteiger partial charge on any atom is 0.326 e. The average molecular weight is 463 g/mol. The van der Waals surface area contributed by atoms with Gasteiger partial charge in [0.2, 0.25) is 0 Å². The van der Waals surface area contributed by atoms with Crippen molar-refractivity contribution in [3.63, 3.8) is 0 Å². The first kappa shape index (κ1) is 22.5. The Morgan fingerprint density at radius 2 is 1.82 bits per heavy atom. The highest BCUT2D eigenvalue weighted by Gasteiger charge is 2.27. The lowest BCUT2D eigenvalue weighted by atomic mass is 10.0. The fraction of sp³-hybridized carbons (Fsp3) is 0.500. The zero-order valence-electron chi connectivity index (χ0n) is 20.1. The second kappa shape index (κ2) is 9.52. The van der Waals surface area contributed by atoms with E-state index < -0.39 is 0 Å². The number of anilines is 2. The van der Waals surface area contributed by atoms with Crippen LogP contribution in [0.25, 0.3) is 11.0 Å². The third kappa shape index (κ3) is 4.41. The Balaban J connectivity index is 1.34. The first-order valence-electron chi connectivity index (χ1n) is 12.5. The van der Waals surface area contributed by atoms with Gasteiger partial charge in [0.25, 0.3) is 5.91 Å². The van der Waals surface area contributed by atoms with Gasteiger partial charge in [-0.2, -0.15) is 0 Å². The molecule has 2 saturated heterocycles.